The molecule has 1 heterocycles. The summed E-state index contributed by atoms with van der Waals surface area (Å²) in [6, 6.07) is 0. The van der Waals surface area contributed by atoms with Gasteiger partial charge in [-0.2, -0.15) is 0 Å². The first-order valence-corrected chi connectivity index (χ1v) is 3.54. The Balaban J connectivity index is 3.22. The minimum atomic E-state index is -1.09. The second kappa shape index (κ2) is 2.33. The van der Waals surface area contributed by atoms with E-state index >= 15 is 0 Å². The summed E-state index contributed by atoms with van der Waals surface area (Å²) in [7, 11) is 0. The van der Waals surface area contributed by atoms with Crippen molar-refractivity contribution in [2.75, 3.05) is 0 Å². The average Bonchev–Trinajstić information content (AvgIpc) is 2.01. The lowest BCUT2D eigenvalue weighted by Crippen LogP contribution is -2.27. The van der Waals surface area contributed by atoms with Crippen molar-refractivity contribution in [1.82, 2.24) is 0 Å². The summed E-state index contributed by atoms with van der Waals surface area (Å²) < 4.78 is 4.84. The van der Waals surface area contributed by atoms with Crippen LogP contribution in [0.2, 0.25) is 0 Å². The molecule has 0 aromatic rings. The first-order chi connectivity index (χ1) is 5.36. The van der Waals surface area contributed by atoms with Crippen LogP contribution in [0.25, 0.3) is 0 Å². The molecule has 1 N–H and O–H groups in total. The van der Waals surface area contributed by atoms with Gasteiger partial charge in [-0.05, 0) is 20.8 Å². The summed E-state index contributed by atoms with van der Waals surface area (Å²) in [5.41, 5.74) is -0.757. The third-order valence-corrected chi connectivity index (χ3v) is 1.84. The molecule has 0 atom stereocenters. The van der Waals surface area contributed by atoms with Crippen LogP contribution in [0.3, 0.4) is 0 Å². The monoisotopic (exact) mass is 170 g/mol. The molecule has 0 fully saturated rings. The number of ether oxygens (including phenoxy) is 1. The number of carboxylic acids is 1. The number of esters is 1. The smallest absolute Gasteiger partial charge is 0.336 e. The SMILES string of the molecule is CC1=C(C(=O)O)C(C)(C)OC1=O. The number of hydrogen-bond donors (Lipinski definition) is 1. The molecule has 4 nitrogen and oxygen atoms in total. The van der Waals surface area contributed by atoms with Crippen molar-refractivity contribution in [3.05, 3.63) is 11.1 Å². The summed E-state index contributed by atoms with van der Waals surface area (Å²) in [6.07, 6.45) is 0. The van der Waals surface area contributed by atoms with Crippen molar-refractivity contribution in [2.24, 2.45) is 0 Å². The van der Waals surface area contributed by atoms with Crippen LogP contribution in [-0.4, -0.2) is 22.6 Å². The summed E-state index contributed by atoms with van der Waals surface area (Å²) in [4.78, 5) is 21.6. The van der Waals surface area contributed by atoms with Crippen molar-refractivity contribution in [2.45, 2.75) is 26.4 Å². The fourth-order valence-electron chi connectivity index (χ4n) is 1.33. The second-order valence-corrected chi connectivity index (χ2v) is 3.20. The van der Waals surface area contributed by atoms with Crippen LogP contribution in [0.4, 0.5) is 0 Å². The van der Waals surface area contributed by atoms with E-state index < -0.39 is 17.5 Å². The molecule has 66 valence electrons. The molecule has 12 heavy (non-hydrogen) atoms. The van der Waals surface area contributed by atoms with Crippen molar-refractivity contribution >= 4 is 11.9 Å². The van der Waals surface area contributed by atoms with Crippen LogP contribution < -0.4 is 0 Å². The molecule has 1 rings (SSSR count). The molecule has 1 aliphatic heterocycles. The van der Waals surface area contributed by atoms with E-state index in [1.54, 1.807) is 13.8 Å². The molecule has 0 bridgehead atoms. The van der Waals surface area contributed by atoms with Gasteiger partial charge in [-0.3, -0.25) is 0 Å². The van der Waals surface area contributed by atoms with Gasteiger partial charge < -0.3 is 9.84 Å². The Morgan fingerprint density at radius 1 is 1.50 bits per heavy atom. The number of carbonyl (C=O) groups excluding carboxylic acids is 1. The van der Waals surface area contributed by atoms with E-state index in [4.69, 9.17) is 9.84 Å². The third-order valence-electron chi connectivity index (χ3n) is 1.84. The van der Waals surface area contributed by atoms with E-state index in [1.165, 1.54) is 6.92 Å². The molecular formula is C8H10O4. The van der Waals surface area contributed by atoms with Gasteiger partial charge in [0.25, 0.3) is 0 Å². The van der Waals surface area contributed by atoms with Gasteiger partial charge in [0.05, 0.1) is 5.57 Å². The molecular weight excluding hydrogens is 160 g/mol. The lowest BCUT2D eigenvalue weighted by Gasteiger charge is -2.17. The van der Waals surface area contributed by atoms with E-state index in [9.17, 15) is 9.59 Å². The van der Waals surface area contributed by atoms with Gasteiger partial charge in [0.2, 0.25) is 0 Å². The molecule has 0 unspecified atom stereocenters. The predicted octanol–water partition coefficient (Wildman–Crippen LogP) is 0.723. The Morgan fingerprint density at radius 3 is 2.17 bits per heavy atom. The van der Waals surface area contributed by atoms with Crippen LogP contribution in [0.5, 0.6) is 0 Å². The maximum Gasteiger partial charge on any atom is 0.336 e. The fourth-order valence-corrected chi connectivity index (χ4v) is 1.33. The normalized spacial score (nSPS) is 21.1. The molecule has 0 aromatic carbocycles. The summed E-state index contributed by atoms with van der Waals surface area (Å²) in [5, 5.41) is 8.75. The fraction of sp³-hybridized carbons (Fsp3) is 0.500. The number of rotatable bonds is 1. The predicted molar refractivity (Wildman–Crippen MR) is 40.5 cm³/mol. The molecule has 0 saturated heterocycles. The Hall–Kier alpha value is -1.32. The van der Waals surface area contributed by atoms with E-state index in [0.717, 1.165) is 0 Å². The number of aliphatic carboxylic acids is 1. The molecule has 0 radical (unpaired) electrons. The van der Waals surface area contributed by atoms with Crippen molar-refractivity contribution in [3.8, 4) is 0 Å². The second-order valence-electron chi connectivity index (χ2n) is 3.20. The van der Waals surface area contributed by atoms with E-state index in [2.05, 4.69) is 0 Å². The number of carbonyl (C=O) groups is 2. The molecule has 0 saturated carbocycles. The zero-order valence-corrected chi connectivity index (χ0v) is 7.17. The Labute approximate surface area is 69.8 Å². The average molecular weight is 170 g/mol. The van der Waals surface area contributed by atoms with E-state index in [-0.39, 0.29) is 11.1 Å². The summed E-state index contributed by atoms with van der Waals surface area (Å²) in [5.74, 6) is -1.64. The zero-order valence-electron chi connectivity index (χ0n) is 7.17. The molecule has 4 heteroatoms. The molecule has 1 aliphatic rings. The highest BCUT2D eigenvalue weighted by atomic mass is 16.6. The molecule has 0 spiro atoms. The van der Waals surface area contributed by atoms with Crippen LogP contribution in [0, 0.1) is 0 Å². The van der Waals surface area contributed by atoms with Gasteiger partial charge in [-0.15, -0.1) is 0 Å². The lowest BCUT2D eigenvalue weighted by atomic mass is 9.97. The lowest BCUT2D eigenvalue weighted by molar-refractivity contribution is -0.145. The topological polar surface area (TPSA) is 63.6 Å². The van der Waals surface area contributed by atoms with Crippen LogP contribution in [-0.2, 0) is 14.3 Å². The highest BCUT2D eigenvalue weighted by molar-refractivity contribution is 6.04. The quantitative estimate of drug-likeness (QED) is 0.589. The van der Waals surface area contributed by atoms with Gasteiger partial charge >= 0.3 is 11.9 Å². The highest BCUT2D eigenvalue weighted by Crippen LogP contribution is 2.31. The van der Waals surface area contributed by atoms with Crippen molar-refractivity contribution in [3.63, 3.8) is 0 Å². The van der Waals surface area contributed by atoms with Crippen molar-refractivity contribution in [1.29, 1.82) is 0 Å². The van der Waals surface area contributed by atoms with E-state index in [1.807, 2.05) is 0 Å². The van der Waals surface area contributed by atoms with Gasteiger partial charge in [0.1, 0.15) is 5.60 Å². The number of cyclic esters (lactones) is 1. The Morgan fingerprint density at radius 2 is 2.00 bits per heavy atom. The first kappa shape index (κ1) is 8.77. The number of hydrogen-bond acceptors (Lipinski definition) is 3. The summed E-state index contributed by atoms with van der Waals surface area (Å²) >= 11 is 0. The standard InChI is InChI=1S/C8H10O4/c1-4-5(6(9)10)8(2,3)12-7(4)11/h1-3H3,(H,9,10). The minimum Gasteiger partial charge on any atom is -0.478 e. The molecule has 0 aromatic heterocycles. The maximum absolute atomic E-state index is 11.0. The first-order valence-electron chi connectivity index (χ1n) is 3.54. The largest absolute Gasteiger partial charge is 0.478 e. The van der Waals surface area contributed by atoms with Crippen LogP contribution >= 0.6 is 0 Å². The van der Waals surface area contributed by atoms with Crippen LogP contribution in [0.15, 0.2) is 11.1 Å². The molecule has 0 aliphatic carbocycles. The third kappa shape index (κ3) is 1.09. The Kier molecular flexibility index (Phi) is 1.71. The minimum absolute atomic E-state index is 0.0486. The molecule has 0 amide bonds. The van der Waals surface area contributed by atoms with Gasteiger partial charge in [0.15, 0.2) is 0 Å². The van der Waals surface area contributed by atoms with Crippen LogP contribution in [0.1, 0.15) is 20.8 Å². The van der Waals surface area contributed by atoms with E-state index in [0.29, 0.717) is 0 Å². The van der Waals surface area contributed by atoms with Gasteiger partial charge in [-0.1, -0.05) is 0 Å². The van der Waals surface area contributed by atoms with Crippen molar-refractivity contribution < 1.29 is 19.4 Å². The number of carboxylic acid groups (broad SMARTS) is 1. The summed E-state index contributed by atoms with van der Waals surface area (Å²) in [6.45, 7) is 4.58. The zero-order chi connectivity index (χ0) is 9.52. The highest BCUT2D eigenvalue weighted by Gasteiger charge is 2.42. The Bertz CT molecular complexity index is 285. The maximum atomic E-state index is 11.0. The van der Waals surface area contributed by atoms with Gasteiger partial charge in [0, 0.05) is 5.57 Å². The van der Waals surface area contributed by atoms with Gasteiger partial charge in [-0.25, -0.2) is 9.59 Å².